The minimum atomic E-state index is 0.538. The van der Waals surface area contributed by atoms with Gasteiger partial charge in [0.05, 0.1) is 4.58 Å². The van der Waals surface area contributed by atoms with Crippen molar-refractivity contribution in [2.75, 3.05) is 12.5 Å². The summed E-state index contributed by atoms with van der Waals surface area (Å²) in [5, 5.41) is 0. The van der Waals surface area contributed by atoms with Crippen LogP contribution in [-0.4, -0.2) is 12.5 Å². The number of hydrogen-bond acceptors (Lipinski definition) is 2. The van der Waals surface area contributed by atoms with Crippen LogP contribution in [0, 0.1) is 6.07 Å². The zero-order chi connectivity index (χ0) is 8.10. The largest absolute Gasteiger partial charge is 0.146 e. The molecule has 0 aromatic heterocycles. The standard InChI is InChI=1S/C9H11S2/c1-10-9(11-2)8-6-4-3-5-7-8/h3-6,9H,1-2H3. The van der Waals surface area contributed by atoms with Crippen molar-refractivity contribution in [2.45, 2.75) is 4.58 Å². The lowest BCUT2D eigenvalue weighted by Gasteiger charge is -2.10. The van der Waals surface area contributed by atoms with E-state index in [2.05, 4.69) is 30.7 Å². The lowest BCUT2D eigenvalue weighted by atomic mass is 10.2. The van der Waals surface area contributed by atoms with Crippen LogP contribution >= 0.6 is 23.5 Å². The van der Waals surface area contributed by atoms with Gasteiger partial charge >= 0.3 is 0 Å². The Morgan fingerprint density at radius 1 is 1.27 bits per heavy atom. The molecule has 0 amide bonds. The van der Waals surface area contributed by atoms with Crippen LogP contribution in [0.25, 0.3) is 0 Å². The van der Waals surface area contributed by atoms with E-state index >= 15 is 0 Å². The van der Waals surface area contributed by atoms with Gasteiger partial charge in [-0.15, -0.1) is 23.5 Å². The highest BCUT2D eigenvalue weighted by Gasteiger charge is 2.05. The van der Waals surface area contributed by atoms with E-state index < -0.39 is 0 Å². The molecule has 0 bridgehead atoms. The quantitative estimate of drug-likeness (QED) is 0.660. The van der Waals surface area contributed by atoms with Gasteiger partial charge in [-0.05, 0) is 24.1 Å². The highest BCUT2D eigenvalue weighted by atomic mass is 32.2. The molecule has 0 nitrogen and oxygen atoms in total. The maximum absolute atomic E-state index is 3.23. The molecule has 0 saturated carbocycles. The number of rotatable bonds is 3. The maximum atomic E-state index is 3.23. The third kappa shape index (κ3) is 2.46. The molecule has 0 spiro atoms. The SMILES string of the molecule is CSC(SC)c1[c]cccc1. The predicted octanol–water partition coefficient (Wildman–Crippen LogP) is 3.21. The van der Waals surface area contributed by atoms with Crippen LogP contribution in [0.15, 0.2) is 24.3 Å². The first-order chi connectivity index (χ1) is 5.38. The Hall–Kier alpha value is -0.0800. The highest BCUT2D eigenvalue weighted by molar-refractivity contribution is 8.15. The molecule has 2 heteroatoms. The molecule has 0 heterocycles. The highest BCUT2D eigenvalue weighted by Crippen LogP contribution is 2.35. The second-order valence-electron chi connectivity index (χ2n) is 2.12. The summed E-state index contributed by atoms with van der Waals surface area (Å²) >= 11 is 3.71. The molecule has 0 fully saturated rings. The monoisotopic (exact) mass is 183 g/mol. The molecule has 1 aromatic carbocycles. The van der Waals surface area contributed by atoms with Crippen molar-refractivity contribution in [2.24, 2.45) is 0 Å². The molecule has 1 aromatic rings. The van der Waals surface area contributed by atoms with Crippen LogP contribution in [0.4, 0.5) is 0 Å². The van der Waals surface area contributed by atoms with Gasteiger partial charge in [-0.2, -0.15) is 0 Å². The van der Waals surface area contributed by atoms with Crippen molar-refractivity contribution >= 4 is 23.5 Å². The van der Waals surface area contributed by atoms with Crippen molar-refractivity contribution in [1.29, 1.82) is 0 Å². The topological polar surface area (TPSA) is 0 Å². The van der Waals surface area contributed by atoms with Gasteiger partial charge in [0.1, 0.15) is 0 Å². The fourth-order valence-electron chi connectivity index (χ4n) is 0.904. The first-order valence-electron chi connectivity index (χ1n) is 3.40. The van der Waals surface area contributed by atoms with Gasteiger partial charge in [0.15, 0.2) is 0 Å². The normalized spacial score (nSPS) is 10.5. The van der Waals surface area contributed by atoms with E-state index in [-0.39, 0.29) is 0 Å². The maximum Gasteiger partial charge on any atom is 0.0751 e. The Balaban J connectivity index is 2.74. The summed E-state index contributed by atoms with van der Waals surface area (Å²) < 4.78 is 0.538. The summed E-state index contributed by atoms with van der Waals surface area (Å²) in [7, 11) is 0. The average Bonchev–Trinajstić information content (AvgIpc) is 2.09. The molecular formula is C9H11S2. The van der Waals surface area contributed by atoms with E-state index in [1.807, 2.05) is 35.7 Å². The fraction of sp³-hybridized carbons (Fsp3) is 0.333. The molecule has 1 rings (SSSR count). The van der Waals surface area contributed by atoms with Gasteiger partial charge < -0.3 is 0 Å². The molecule has 11 heavy (non-hydrogen) atoms. The van der Waals surface area contributed by atoms with Gasteiger partial charge in [-0.1, -0.05) is 24.3 Å². The van der Waals surface area contributed by atoms with Gasteiger partial charge in [0, 0.05) is 0 Å². The molecule has 0 aliphatic rings. The van der Waals surface area contributed by atoms with E-state index in [0.29, 0.717) is 4.58 Å². The molecule has 0 saturated heterocycles. The summed E-state index contributed by atoms with van der Waals surface area (Å²) in [6.07, 6.45) is 4.25. The minimum absolute atomic E-state index is 0.538. The second kappa shape index (κ2) is 4.73. The number of benzene rings is 1. The van der Waals surface area contributed by atoms with Crippen LogP contribution < -0.4 is 0 Å². The Bertz CT molecular complexity index is 192. The van der Waals surface area contributed by atoms with Gasteiger partial charge in [-0.3, -0.25) is 0 Å². The first kappa shape index (κ1) is 9.01. The Labute approximate surface area is 76.8 Å². The van der Waals surface area contributed by atoms with Crippen molar-refractivity contribution in [3.8, 4) is 0 Å². The summed E-state index contributed by atoms with van der Waals surface area (Å²) in [6, 6.07) is 11.4. The average molecular weight is 183 g/mol. The second-order valence-corrected chi connectivity index (χ2v) is 4.31. The molecule has 0 atom stereocenters. The minimum Gasteiger partial charge on any atom is -0.146 e. The lowest BCUT2D eigenvalue weighted by molar-refractivity contribution is 1.38. The predicted molar refractivity (Wildman–Crippen MR) is 55.0 cm³/mol. The van der Waals surface area contributed by atoms with Crippen LogP contribution in [-0.2, 0) is 0 Å². The molecule has 0 unspecified atom stereocenters. The third-order valence-electron chi connectivity index (χ3n) is 1.42. The molecule has 0 N–H and O–H groups in total. The molecule has 59 valence electrons. The summed E-state index contributed by atoms with van der Waals surface area (Å²) in [4.78, 5) is 0. The molecule has 0 aliphatic carbocycles. The molecular weight excluding hydrogens is 172 g/mol. The van der Waals surface area contributed by atoms with Crippen LogP contribution in [0.2, 0.25) is 0 Å². The third-order valence-corrected chi connectivity index (χ3v) is 3.93. The number of hydrogen-bond donors (Lipinski definition) is 0. The van der Waals surface area contributed by atoms with E-state index in [9.17, 15) is 0 Å². The van der Waals surface area contributed by atoms with Crippen molar-refractivity contribution in [1.82, 2.24) is 0 Å². The first-order valence-corrected chi connectivity index (χ1v) is 5.98. The zero-order valence-electron chi connectivity index (χ0n) is 6.70. The summed E-state index contributed by atoms with van der Waals surface area (Å²) in [6.45, 7) is 0. The zero-order valence-corrected chi connectivity index (χ0v) is 8.34. The van der Waals surface area contributed by atoms with Crippen molar-refractivity contribution < 1.29 is 0 Å². The van der Waals surface area contributed by atoms with Crippen LogP contribution in [0.3, 0.4) is 0 Å². The molecule has 0 aliphatic heterocycles. The Morgan fingerprint density at radius 3 is 2.45 bits per heavy atom. The van der Waals surface area contributed by atoms with E-state index in [0.717, 1.165) is 0 Å². The summed E-state index contributed by atoms with van der Waals surface area (Å²) in [5.74, 6) is 0. The van der Waals surface area contributed by atoms with Gasteiger partial charge in [-0.25, -0.2) is 0 Å². The Kier molecular flexibility index (Phi) is 3.87. The van der Waals surface area contributed by atoms with E-state index in [4.69, 9.17) is 0 Å². The summed E-state index contributed by atoms with van der Waals surface area (Å²) in [5.41, 5.74) is 1.28. The van der Waals surface area contributed by atoms with Crippen LogP contribution in [0.1, 0.15) is 10.1 Å². The molecule has 1 radical (unpaired) electrons. The lowest BCUT2D eigenvalue weighted by Crippen LogP contribution is -1.85. The van der Waals surface area contributed by atoms with Gasteiger partial charge in [0.25, 0.3) is 0 Å². The number of thioether (sulfide) groups is 2. The van der Waals surface area contributed by atoms with Crippen molar-refractivity contribution in [3.63, 3.8) is 0 Å². The smallest absolute Gasteiger partial charge is 0.0751 e. The Morgan fingerprint density at radius 2 is 2.00 bits per heavy atom. The van der Waals surface area contributed by atoms with E-state index in [1.54, 1.807) is 0 Å². The van der Waals surface area contributed by atoms with E-state index in [1.165, 1.54) is 5.56 Å². The fourth-order valence-corrected chi connectivity index (χ4v) is 2.47. The van der Waals surface area contributed by atoms with Gasteiger partial charge in [0.2, 0.25) is 0 Å². The van der Waals surface area contributed by atoms with Crippen LogP contribution in [0.5, 0.6) is 0 Å². The van der Waals surface area contributed by atoms with Crippen molar-refractivity contribution in [3.05, 3.63) is 35.9 Å².